The van der Waals surface area contributed by atoms with E-state index < -0.39 is 22.5 Å². The van der Waals surface area contributed by atoms with E-state index in [-0.39, 0.29) is 11.6 Å². The molecule has 0 radical (unpaired) electrons. The molecule has 19 heavy (non-hydrogen) atoms. The summed E-state index contributed by atoms with van der Waals surface area (Å²) in [6, 6.07) is 5.86. The molecule has 1 heterocycles. The largest absolute Gasteiger partial charge is 0.434 e. The van der Waals surface area contributed by atoms with Crippen molar-refractivity contribution in [1.82, 2.24) is 0 Å². The number of amides is 1. The van der Waals surface area contributed by atoms with Crippen LogP contribution in [0, 0.1) is 15.9 Å². The molecule has 1 N–H and O–H groups in total. The molecule has 0 aliphatic heterocycles. The first kappa shape index (κ1) is 12.6. The van der Waals surface area contributed by atoms with Crippen LogP contribution in [0.15, 0.2) is 41.0 Å². The van der Waals surface area contributed by atoms with Crippen molar-refractivity contribution in [2.45, 2.75) is 0 Å². The van der Waals surface area contributed by atoms with Crippen molar-refractivity contribution in [3.05, 3.63) is 52.5 Å². The van der Waals surface area contributed by atoms with Crippen LogP contribution in [0.1, 0.15) is 0 Å². The first-order valence-electron chi connectivity index (χ1n) is 5.02. The number of rotatable bonds is 3. The average molecular weight is 266 g/mol. The van der Waals surface area contributed by atoms with Gasteiger partial charge in [-0.3, -0.25) is 15.4 Å². The highest BCUT2D eigenvalue weighted by atomic mass is 19.1. The Morgan fingerprint density at radius 2 is 2.21 bits per heavy atom. The standard InChI is InChI=1S/C11H7FN2O5/c12-8-4-3-7(6-9(8)14(16)17)13-11(15)19-10-2-1-5-18-10/h1-6H,(H,13,15). The minimum absolute atomic E-state index is 0.0321. The van der Waals surface area contributed by atoms with Crippen molar-refractivity contribution in [3.63, 3.8) is 0 Å². The van der Waals surface area contributed by atoms with Gasteiger partial charge in [0.25, 0.3) is 5.95 Å². The SMILES string of the molecule is O=C(Nc1ccc(F)c([N+](=O)[O-])c1)Oc1ccco1. The number of halogens is 1. The molecule has 0 unspecified atom stereocenters. The fourth-order valence-electron chi connectivity index (χ4n) is 1.29. The molecular weight excluding hydrogens is 259 g/mol. The van der Waals surface area contributed by atoms with E-state index in [1.165, 1.54) is 24.5 Å². The number of nitrogens with one attached hydrogen (secondary N) is 1. The molecular formula is C11H7FN2O5. The summed E-state index contributed by atoms with van der Waals surface area (Å²) in [4.78, 5) is 21.0. The van der Waals surface area contributed by atoms with E-state index in [4.69, 9.17) is 9.15 Å². The number of ether oxygens (including phenoxy) is 1. The van der Waals surface area contributed by atoms with Crippen molar-refractivity contribution in [2.75, 3.05) is 5.32 Å². The molecule has 0 saturated carbocycles. The first-order valence-corrected chi connectivity index (χ1v) is 5.02. The zero-order chi connectivity index (χ0) is 13.8. The van der Waals surface area contributed by atoms with Gasteiger partial charge in [0, 0.05) is 12.1 Å². The number of anilines is 1. The first-order chi connectivity index (χ1) is 9.06. The second kappa shape index (κ2) is 5.17. The van der Waals surface area contributed by atoms with Crippen LogP contribution in [0.4, 0.5) is 20.6 Å². The Hall–Kier alpha value is -2.90. The molecule has 2 aromatic rings. The minimum Gasteiger partial charge on any atom is -0.434 e. The van der Waals surface area contributed by atoms with Gasteiger partial charge in [0.2, 0.25) is 5.82 Å². The van der Waals surface area contributed by atoms with Crippen LogP contribution in [-0.2, 0) is 0 Å². The smallest absolute Gasteiger partial charge is 0.419 e. The number of hydrogen-bond donors (Lipinski definition) is 1. The Labute approximate surface area is 105 Å². The minimum atomic E-state index is -0.991. The zero-order valence-electron chi connectivity index (χ0n) is 9.33. The highest BCUT2D eigenvalue weighted by Gasteiger charge is 2.16. The molecule has 1 aromatic heterocycles. The summed E-state index contributed by atoms with van der Waals surface area (Å²) in [6.07, 6.45) is 0.404. The lowest BCUT2D eigenvalue weighted by atomic mass is 10.2. The van der Waals surface area contributed by atoms with Crippen LogP contribution in [0.5, 0.6) is 5.95 Å². The number of furan rings is 1. The predicted octanol–water partition coefficient (Wildman–Crippen LogP) is 2.94. The summed E-state index contributed by atoms with van der Waals surface area (Å²) >= 11 is 0. The van der Waals surface area contributed by atoms with Gasteiger partial charge < -0.3 is 9.15 Å². The zero-order valence-corrected chi connectivity index (χ0v) is 9.33. The second-order valence-corrected chi connectivity index (χ2v) is 3.37. The van der Waals surface area contributed by atoms with Gasteiger partial charge in [-0.05, 0) is 18.2 Å². The van der Waals surface area contributed by atoms with Crippen LogP contribution in [-0.4, -0.2) is 11.0 Å². The van der Waals surface area contributed by atoms with E-state index in [1.807, 2.05) is 0 Å². The van der Waals surface area contributed by atoms with Gasteiger partial charge in [0.1, 0.15) is 0 Å². The third kappa shape index (κ3) is 3.06. The van der Waals surface area contributed by atoms with Crippen LogP contribution in [0.3, 0.4) is 0 Å². The monoisotopic (exact) mass is 266 g/mol. The lowest BCUT2D eigenvalue weighted by Crippen LogP contribution is -2.16. The van der Waals surface area contributed by atoms with E-state index in [9.17, 15) is 19.3 Å². The Morgan fingerprint density at radius 1 is 1.42 bits per heavy atom. The molecule has 0 atom stereocenters. The Balaban J connectivity index is 2.09. The van der Waals surface area contributed by atoms with Crippen LogP contribution < -0.4 is 10.1 Å². The molecule has 8 heteroatoms. The molecule has 0 aliphatic carbocycles. The molecule has 1 aromatic carbocycles. The second-order valence-electron chi connectivity index (χ2n) is 3.37. The molecule has 0 spiro atoms. The molecule has 1 amide bonds. The Kier molecular flexibility index (Phi) is 3.42. The summed E-state index contributed by atoms with van der Waals surface area (Å²) in [5.41, 5.74) is -0.708. The van der Waals surface area contributed by atoms with E-state index in [0.29, 0.717) is 0 Å². The lowest BCUT2D eigenvalue weighted by molar-refractivity contribution is -0.387. The number of benzene rings is 1. The van der Waals surface area contributed by atoms with E-state index in [0.717, 1.165) is 12.1 Å². The summed E-state index contributed by atoms with van der Waals surface area (Å²) in [6.45, 7) is 0. The lowest BCUT2D eigenvalue weighted by Gasteiger charge is -2.04. The number of hydrogen-bond acceptors (Lipinski definition) is 5. The normalized spacial score (nSPS) is 9.95. The Bertz CT molecular complexity index is 612. The molecule has 2 rings (SSSR count). The summed E-state index contributed by atoms with van der Waals surface area (Å²) in [5.74, 6) is -1.02. The molecule has 0 bridgehead atoms. The van der Waals surface area contributed by atoms with Gasteiger partial charge in [0.15, 0.2) is 0 Å². The predicted molar refractivity (Wildman–Crippen MR) is 61.4 cm³/mol. The van der Waals surface area contributed by atoms with Crippen LogP contribution >= 0.6 is 0 Å². The quantitative estimate of drug-likeness (QED) is 0.680. The number of carbonyl (C=O) groups excluding carboxylic acids is 1. The molecule has 7 nitrogen and oxygen atoms in total. The van der Waals surface area contributed by atoms with E-state index in [1.54, 1.807) is 0 Å². The number of nitrogens with zero attached hydrogens (tertiary/aromatic N) is 1. The maximum absolute atomic E-state index is 13.1. The van der Waals surface area contributed by atoms with Gasteiger partial charge in [-0.15, -0.1) is 0 Å². The van der Waals surface area contributed by atoms with E-state index >= 15 is 0 Å². The van der Waals surface area contributed by atoms with Crippen LogP contribution in [0.25, 0.3) is 0 Å². The molecule has 98 valence electrons. The third-order valence-electron chi connectivity index (χ3n) is 2.08. The van der Waals surface area contributed by atoms with Gasteiger partial charge in [-0.25, -0.2) is 4.79 Å². The summed E-state index contributed by atoms with van der Waals surface area (Å²) in [5, 5.41) is 12.7. The van der Waals surface area contributed by atoms with Gasteiger partial charge in [0.05, 0.1) is 16.9 Å². The fraction of sp³-hybridized carbons (Fsp3) is 0. The van der Waals surface area contributed by atoms with Crippen molar-refractivity contribution in [3.8, 4) is 5.95 Å². The number of nitro groups is 1. The summed E-state index contributed by atoms with van der Waals surface area (Å²) in [7, 11) is 0. The van der Waals surface area contributed by atoms with E-state index in [2.05, 4.69) is 5.32 Å². The maximum Gasteiger partial charge on any atom is 0.419 e. The topological polar surface area (TPSA) is 94.6 Å². The average Bonchev–Trinajstić information content (AvgIpc) is 2.84. The van der Waals surface area contributed by atoms with Gasteiger partial charge >= 0.3 is 11.8 Å². The third-order valence-corrected chi connectivity index (χ3v) is 2.08. The molecule has 0 saturated heterocycles. The van der Waals surface area contributed by atoms with Crippen molar-refractivity contribution < 1.29 is 23.3 Å². The van der Waals surface area contributed by atoms with Crippen molar-refractivity contribution in [1.29, 1.82) is 0 Å². The van der Waals surface area contributed by atoms with Gasteiger partial charge in [-0.2, -0.15) is 4.39 Å². The maximum atomic E-state index is 13.1. The Morgan fingerprint density at radius 3 is 2.84 bits per heavy atom. The fourth-order valence-corrected chi connectivity index (χ4v) is 1.29. The number of carbonyl (C=O) groups is 1. The molecule has 0 aliphatic rings. The number of nitro benzene ring substituents is 1. The van der Waals surface area contributed by atoms with Crippen molar-refractivity contribution in [2.24, 2.45) is 0 Å². The van der Waals surface area contributed by atoms with Gasteiger partial charge in [-0.1, -0.05) is 0 Å². The van der Waals surface area contributed by atoms with Crippen molar-refractivity contribution >= 4 is 17.5 Å². The molecule has 0 fully saturated rings. The van der Waals surface area contributed by atoms with Crippen LogP contribution in [0.2, 0.25) is 0 Å². The highest BCUT2D eigenvalue weighted by Crippen LogP contribution is 2.22. The highest BCUT2D eigenvalue weighted by molar-refractivity contribution is 5.86. The summed E-state index contributed by atoms with van der Waals surface area (Å²) < 4.78 is 22.5.